The summed E-state index contributed by atoms with van der Waals surface area (Å²) in [5.74, 6) is 1.57. The molecule has 6 heteroatoms. The van der Waals surface area contributed by atoms with Crippen molar-refractivity contribution in [3.8, 4) is 5.75 Å². The van der Waals surface area contributed by atoms with Gasteiger partial charge in [-0.15, -0.1) is 0 Å². The van der Waals surface area contributed by atoms with Crippen molar-refractivity contribution in [3.05, 3.63) is 48.0 Å². The number of nitrogens with zero attached hydrogens (tertiary/aromatic N) is 1. The maximum atomic E-state index is 11.6. The van der Waals surface area contributed by atoms with E-state index in [1.165, 1.54) is 0 Å². The first kappa shape index (κ1) is 15.6. The normalized spacial score (nSPS) is 15.2. The predicted molar refractivity (Wildman–Crippen MR) is 86.9 cm³/mol. The smallest absolute Gasteiger partial charge is 0.258 e. The molecule has 1 aromatic carbocycles. The number of carbonyl (C=O) groups excluding carboxylic acids is 1. The van der Waals surface area contributed by atoms with Gasteiger partial charge in [0.1, 0.15) is 11.6 Å². The van der Waals surface area contributed by atoms with Crippen molar-refractivity contribution in [2.24, 2.45) is 0 Å². The predicted octanol–water partition coefficient (Wildman–Crippen LogP) is 1.92. The second kappa shape index (κ2) is 7.28. The number of aromatic amines is 1. The van der Waals surface area contributed by atoms with Gasteiger partial charge in [0.2, 0.25) is 0 Å². The van der Waals surface area contributed by atoms with Gasteiger partial charge >= 0.3 is 0 Å². The molecule has 1 atom stereocenters. The fourth-order valence-corrected chi connectivity index (χ4v) is 2.26. The lowest BCUT2D eigenvalue weighted by molar-refractivity contribution is -0.123. The number of nitrogens with one attached hydrogen (secondary N) is 3. The zero-order valence-electron chi connectivity index (χ0n) is 13.2. The Morgan fingerprint density at radius 3 is 2.83 bits per heavy atom. The van der Waals surface area contributed by atoms with E-state index >= 15 is 0 Å². The van der Waals surface area contributed by atoms with E-state index < -0.39 is 0 Å². The van der Waals surface area contributed by atoms with Gasteiger partial charge in [0.15, 0.2) is 6.61 Å². The molecule has 0 bridgehead atoms. The van der Waals surface area contributed by atoms with Crippen molar-refractivity contribution in [2.45, 2.75) is 38.4 Å². The summed E-state index contributed by atoms with van der Waals surface area (Å²) in [5.41, 5.74) is 1.16. The maximum absolute atomic E-state index is 11.6. The number of rotatable bonds is 8. The van der Waals surface area contributed by atoms with Crippen LogP contribution in [-0.2, 0) is 11.3 Å². The third kappa shape index (κ3) is 4.82. The first-order chi connectivity index (χ1) is 11.2. The van der Waals surface area contributed by atoms with Crippen LogP contribution in [0.4, 0.5) is 0 Å². The van der Waals surface area contributed by atoms with E-state index in [9.17, 15) is 4.79 Å². The topological polar surface area (TPSA) is 79.0 Å². The Hall–Kier alpha value is -2.34. The Balaban J connectivity index is 1.44. The van der Waals surface area contributed by atoms with Crippen molar-refractivity contribution >= 4 is 5.91 Å². The van der Waals surface area contributed by atoms with Gasteiger partial charge in [0, 0.05) is 24.5 Å². The van der Waals surface area contributed by atoms with E-state index in [0.29, 0.717) is 18.3 Å². The minimum absolute atomic E-state index is 0.0509. The summed E-state index contributed by atoms with van der Waals surface area (Å²) in [6.07, 6.45) is 5.73. The van der Waals surface area contributed by atoms with Crippen molar-refractivity contribution in [3.63, 3.8) is 0 Å². The quantitative estimate of drug-likeness (QED) is 0.695. The molecule has 1 aromatic heterocycles. The van der Waals surface area contributed by atoms with E-state index in [4.69, 9.17) is 4.74 Å². The molecule has 1 aliphatic rings. The highest BCUT2D eigenvalue weighted by molar-refractivity contribution is 5.78. The molecule has 122 valence electrons. The number of hydrogen-bond donors (Lipinski definition) is 3. The lowest BCUT2D eigenvalue weighted by Crippen LogP contribution is -2.30. The van der Waals surface area contributed by atoms with Gasteiger partial charge in [-0.05, 0) is 37.5 Å². The average Bonchev–Trinajstić information content (AvgIpc) is 3.22. The van der Waals surface area contributed by atoms with Gasteiger partial charge in [-0.2, -0.15) is 0 Å². The van der Waals surface area contributed by atoms with Gasteiger partial charge in [-0.1, -0.05) is 12.1 Å². The molecule has 3 rings (SSSR count). The number of hydrogen-bond acceptors (Lipinski definition) is 4. The van der Waals surface area contributed by atoms with Crippen LogP contribution < -0.4 is 15.4 Å². The van der Waals surface area contributed by atoms with Crippen LogP contribution in [0.3, 0.4) is 0 Å². The second-order valence-corrected chi connectivity index (χ2v) is 5.84. The number of ether oxygens (including phenoxy) is 1. The standard InChI is InChI=1S/C17H22N4O2/c1-12(20-10-16-18-8-9-19-16)13-2-6-15(7-3-13)23-11-17(22)21-14-4-5-14/h2-3,6-9,12,14,20H,4-5,10-11H2,1H3,(H,18,19)(H,21,22). The van der Waals surface area contributed by atoms with E-state index in [1.54, 1.807) is 6.20 Å². The molecule has 3 N–H and O–H groups in total. The highest BCUT2D eigenvalue weighted by atomic mass is 16.5. The van der Waals surface area contributed by atoms with Crippen LogP contribution in [0.1, 0.15) is 37.2 Å². The summed E-state index contributed by atoms with van der Waals surface area (Å²) < 4.78 is 5.50. The monoisotopic (exact) mass is 314 g/mol. The van der Waals surface area contributed by atoms with Crippen LogP contribution in [0.2, 0.25) is 0 Å². The summed E-state index contributed by atoms with van der Waals surface area (Å²) in [4.78, 5) is 18.8. The van der Waals surface area contributed by atoms with Crippen molar-refractivity contribution in [2.75, 3.05) is 6.61 Å². The highest BCUT2D eigenvalue weighted by Crippen LogP contribution is 2.19. The Morgan fingerprint density at radius 1 is 1.39 bits per heavy atom. The minimum Gasteiger partial charge on any atom is -0.484 e. The third-order valence-corrected chi connectivity index (χ3v) is 3.82. The number of amides is 1. The SMILES string of the molecule is CC(NCc1ncc[nH]1)c1ccc(OCC(=O)NC2CC2)cc1. The van der Waals surface area contributed by atoms with Crippen LogP contribution in [0, 0.1) is 0 Å². The first-order valence-electron chi connectivity index (χ1n) is 7.94. The second-order valence-electron chi connectivity index (χ2n) is 5.84. The van der Waals surface area contributed by atoms with Crippen LogP contribution in [-0.4, -0.2) is 28.5 Å². The van der Waals surface area contributed by atoms with E-state index in [-0.39, 0.29) is 18.6 Å². The van der Waals surface area contributed by atoms with E-state index in [2.05, 4.69) is 27.5 Å². The summed E-state index contributed by atoms with van der Waals surface area (Å²) in [6, 6.07) is 8.37. The van der Waals surface area contributed by atoms with Crippen LogP contribution >= 0.6 is 0 Å². The first-order valence-corrected chi connectivity index (χ1v) is 7.94. The molecule has 1 unspecified atom stereocenters. The van der Waals surface area contributed by atoms with Gasteiger partial charge in [0.25, 0.3) is 5.91 Å². The molecule has 2 aromatic rings. The molecule has 1 saturated carbocycles. The molecular formula is C17H22N4O2. The van der Waals surface area contributed by atoms with Gasteiger partial charge < -0.3 is 20.4 Å². The molecule has 0 spiro atoms. The van der Waals surface area contributed by atoms with Gasteiger partial charge in [0.05, 0.1) is 6.54 Å². The highest BCUT2D eigenvalue weighted by Gasteiger charge is 2.23. The summed E-state index contributed by atoms with van der Waals surface area (Å²) in [7, 11) is 0. The van der Waals surface area contributed by atoms with Crippen molar-refractivity contribution in [1.82, 2.24) is 20.6 Å². The Morgan fingerprint density at radius 2 is 2.17 bits per heavy atom. The van der Waals surface area contributed by atoms with Crippen LogP contribution in [0.5, 0.6) is 5.75 Å². The largest absolute Gasteiger partial charge is 0.484 e. The minimum atomic E-state index is -0.0509. The Kier molecular flexibility index (Phi) is 4.92. The van der Waals surface area contributed by atoms with E-state index in [1.807, 2.05) is 30.5 Å². The Bertz CT molecular complexity index is 621. The number of carbonyl (C=O) groups is 1. The van der Waals surface area contributed by atoms with Crippen molar-refractivity contribution < 1.29 is 9.53 Å². The molecular weight excluding hydrogens is 292 g/mol. The van der Waals surface area contributed by atoms with Crippen molar-refractivity contribution in [1.29, 1.82) is 0 Å². The molecule has 1 amide bonds. The molecule has 0 radical (unpaired) electrons. The lowest BCUT2D eigenvalue weighted by atomic mass is 10.1. The lowest BCUT2D eigenvalue weighted by Gasteiger charge is -2.14. The zero-order valence-corrected chi connectivity index (χ0v) is 13.2. The Labute approximate surface area is 135 Å². The average molecular weight is 314 g/mol. The van der Waals surface area contributed by atoms with Gasteiger partial charge in [-0.25, -0.2) is 4.98 Å². The zero-order chi connectivity index (χ0) is 16.1. The number of H-pyrrole nitrogens is 1. The number of aromatic nitrogens is 2. The fraction of sp³-hybridized carbons (Fsp3) is 0.412. The number of benzene rings is 1. The maximum Gasteiger partial charge on any atom is 0.258 e. The molecule has 0 saturated heterocycles. The summed E-state index contributed by atoms with van der Waals surface area (Å²) in [6.45, 7) is 2.86. The molecule has 6 nitrogen and oxygen atoms in total. The summed E-state index contributed by atoms with van der Waals surface area (Å²) in [5, 5.41) is 6.30. The molecule has 1 fully saturated rings. The molecule has 0 aliphatic heterocycles. The van der Waals surface area contributed by atoms with E-state index in [0.717, 1.165) is 24.2 Å². The molecule has 1 heterocycles. The van der Waals surface area contributed by atoms with Gasteiger partial charge in [-0.3, -0.25) is 4.79 Å². The van der Waals surface area contributed by atoms with Crippen LogP contribution in [0.15, 0.2) is 36.7 Å². The number of imidazole rings is 1. The third-order valence-electron chi connectivity index (χ3n) is 3.82. The van der Waals surface area contributed by atoms with Crippen LogP contribution in [0.25, 0.3) is 0 Å². The summed E-state index contributed by atoms with van der Waals surface area (Å²) >= 11 is 0. The fourth-order valence-electron chi connectivity index (χ4n) is 2.26. The molecule has 1 aliphatic carbocycles. The molecule has 23 heavy (non-hydrogen) atoms.